The molecule has 0 aliphatic rings. The van der Waals surface area contributed by atoms with Gasteiger partial charge >= 0.3 is 0 Å². The summed E-state index contributed by atoms with van der Waals surface area (Å²) in [5.41, 5.74) is 5.52. The zero-order valence-electron chi connectivity index (χ0n) is 18.6. The van der Waals surface area contributed by atoms with Crippen LogP contribution in [0.15, 0.2) is 134 Å². The topological polar surface area (TPSA) is 6.48 Å². The van der Waals surface area contributed by atoms with Crippen LogP contribution in [0.5, 0.6) is 0 Å². The molecule has 4 aromatic carbocycles. The third-order valence-electron chi connectivity index (χ3n) is 5.56. The van der Waals surface area contributed by atoms with E-state index in [0.29, 0.717) is 0 Å². The summed E-state index contributed by atoms with van der Waals surface area (Å²) in [7, 11) is 2.12. The molecule has 0 radical (unpaired) electrons. The number of fused-ring (bicyclic) bond motifs is 1. The monoisotopic (exact) mass is 416 g/mol. The van der Waals surface area contributed by atoms with Gasteiger partial charge in [0.05, 0.1) is 0 Å². The number of hydrogen-bond acceptors (Lipinski definition) is 2. The Morgan fingerprint density at radius 2 is 1.34 bits per heavy atom. The van der Waals surface area contributed by atoms with Crippen molar-refractivity contribution >= 4 is 33.5 Å². The van der Waals surface area contributed by atoms with Crippen molar-refractivity contribution in [3.63, 3.8) is 0 Å². The Morgan fingerprint density at radius 3 is 2.06 bits per heavy atom. The maximum Gasteiger partial charge on any atom is 0.0487 e. The first-order valence-electron chi connectivity index (χ1n) is 10.8. The third-order valence-corrected chi connectivity index (χ3v) is 5.56. The van der Waals surface area contributed by atoms with Crippen LogP contribution in [-0.2, 0) is 0 Å². The Bertz CT molecular complexity index is 1250. The molecule has 0 heterocycles. The molecule has 2 heteroatoms. The maximum atomic E-state index is 4.05. The van der Waals surface area contributed by atoms with Crippen molar-refractivity contribution in [2.75, 3.05) is 16.8 Å². The lowest BCUT2D eigenvalue weighted by Gasteiger charge is -2.27. The van der Waals surface area contributed by atoms with Crippen LogP contribution in [0.2, 0.25) is 0 Å². The highest BCUT2D eigenvalue weighted by molar-refractivity contribution is 5.96. The average Bonchev–Trinajstić information content (AvgIpc) is 2.86. The van der Waals surface area contributed by atoms with Crippen molar-refractivity contribution in [2.24, 2.45) is 0 Å². The van der Waals surface area contributed by atoms with Gasteiger partial charge in [0.25, 0.3) is 0 Å². The second kappa shape index (κ2) is 9.84. The van der Waals surface area contributed by atoms with Gasteiger partial charge in [0.15, 0.2) is 0 Å². The second-order valence-electron chi connectivity index (χ2n) is 7.57. The minimum absolute atomic E-state index is 1.02. The Labute approximate surface area is 191 Å². The Kier molecular flexibility index (Phi) is 6.52. The number of rotatable bonds is 7. The van der Waals surface area contributed by atoms with Crippen molar-refractivity contribution in [2.45, 2.75) is 6.92 Å². The lowest BCUT2D eigenvalue weighted by molar-refractivity contribution is 1.19. The van der Waals surface area contributed by atoms with Crippen molar-refractivity contribution in [3.8, 4) is 0 Å². The summed E-state index contributed by atoms with van der Waals surface area (Å²) in [5, 5.41) is 2.49. The molecule has 4 rings (SSSR count). The average molecular weight is 417 g/mol. The smallest absolute Gasteiger partial charge is 0.0487 e. The quantitative estimate of drug-likeness (QED) is 0.279. The van der Waals surface area contributed by atoms with Crippen molar-refractivity contribution in [1.82, 2.24) is 0 Å². The molecule has 0 fully saturated rings. The summed E-state index contributed by atoms with van der Waals surface area (Å²) < 4.78 is 0. The van der Waals surface area contributed by atoms with E-state index in [1.165, 1.54) is 16.5 Å². The first kappa shape index (κ1) is 21.2. The predicted molar refractivity (Wildman–Crippen MR) is 140 cm³/mol. The van der Waals surface area contributed by atoms with E-state index in [9.17, 15) is 0 Å². The number of anilines is 4. The standard InChI is InChI=1S/C30H28N2/c1-4-6-15-25(5-2)32(27-16-8-7-9-17-27)28-22-20-26(21-23-28)31(3)30-19-12-14-24-13-10-11-18-29(24)30/h4-23H,2H2,1,3H3/b6-4-,25-15+. The van der Waals surface area contributed by atoms with Gasteiger partial charge in [-0.2, -0.15) is 0 Å². The third kappa shape index (κ3) is 4.35. The summed E-state index contributed by atoms with van der Waals surface area (Å²) in [4.78, 5) is 4.46. The van der Waals surface area contributed by atoms with E-state index in [-0.39, 0.29) is 0 Å². The van der Waals surface area contributed by atoms with Gasteiger partial charge in [-0.15, -0.1) is 0 Å². The van der Waals surface area contributed by atoms with E-state index in [1.807, 2.05) is 31.2 Å². The van der Waals surface area contributed by atoms with Crippen LogP contribution in [0.3, 0.4) is 0 Å². The van der Waals surface area contributed by atoms with Crippen LogP contribution in [0, 0.1) is 0 Å². The molecule has 32 heavy (non-hydrogen) atoms. The number of allylic oxidation sites excluding steroid dienone is 4. The van der Waals surface area contributed by atoms with Crippen molar-refractivity contribution in [1.29, 1.82) is 0 Å². The highest BCUT2D eigenvalue weighted by atomic mass is 15.1. The van der Waals surface area contributed by atoms with Crippen LogP contribution in [0.25, 0.3) is 10.8 Å². The van der Waals surface area contributed by atoms with E-state index in [0.717, 1.165) is 22.8 Å². The molecule has 0 N–H and O–H groups in total. The molecule has 0 saturated heterocycles. The van der Waals surface area contributed by atoms with Crippen LogP contribution < -0.4 is 9.80 Å². The Morgan fingerprint density at radius 1 is 0.719 bits per heavy atom. The van der Waals surface area contributed by atoms with Crippen molar-refractivity contribution < 1.29 is 0 Å². The highest BCUT2D eigenvalue weighted by Gasteiger charge is 2.13. The normalized spacial score (nSPS) is 11.6. The molecule has 0 spiro atoms. The van der Waals surface area contributed by atoms with Gasteiger partial charge in [-0.3, -0.25) is 0 Å². The number of nitrogens with zero attached hydrogens (tertiary/aromatic N) is 2. The SMILES string of the molecule is C=C/C(=C\C=C/C)N(c1ccccc1)c1ccc(N(C)c2cccc3ccccc23)cc1. The summed E-state index contributed by atoms with van der Waals surface area (Å²) in [6.07, 6.45) is 8.03. The fourth-order valence-electron chi connectivity index (χ4n) is 3.92. The van der Waals surface area contributed by atoms with E-state index in [4.69, 9.17) is 0 Å². The summed E-state index contributed by atoms with van der Waals surface area (Å²) in [5.74, 6) is 0. The highest BCUT2D eigenvalue weighted by Crippen LogP contribution is 2.35. The lowest BCUT2D eigenvalue weighted by Crippen LogP contribution is -2.15. The molecule has 0 saturated carbocycles. The van der Waals surface area contributed by atoms with Crippen molar-refractivity contribution in [3.05, 3.63) is 134 Å². The van der Waals surface area contributed by atoms with Crippen LogP contribution in [0.4, 0.5) is 22.7 Å². The largest absolute Gasteiger partial charge is 0.344 e. The molecule has 0 atom stereocenters. The summed E-state index contributed by atoms with van der Waals surface area (Å²) in [6.45, 7) is 6.06. The molecule has 0 amide bonds. The minimum atomic E-state index is 1.02. The molecule has 0 bridgehead atoms. The summed E-state index contributed by atoms with van der Waals surface area (Å²) in [6, 6.07) is 34.0. The van der Waals surface area contributed by atoms with E-state index in [2.05, 4.69) is 120 Å². The fourth-order valence-corrected chi connectivity index (χ4v) is 3.92. The van der Waals surface area contributed by atoms with Gasteiger partial charge in [-0.25, -0.2) is 0 Å². The molecule has 4 aromatic rings. The van der Waals surface area contributed by atoms with Gasteiger partial charge in [-0.1, -0.05) is 73.3 Å². The summed E-state index contributed by atoms with van der Waals surface area (Å²) >= 11 is 0. The zero-order valence-corrected chi connectivity index (χ0v) is 18.6. The van der Waals surface area contributed by atoms with Gasteiger partial charge in [0, 0.05) is 40.9 Å². The second-order valence-corrected chi connectivity index (χ2v) is 7.57. The van der Waals surface area contributed by atoms with Gasteiger partial charge in [-0.05, 0) is 66.9 Å². The molecule has 158 valence electrons. The van der Waals surface area contributed by atoms with E-state index in [1.54, 1.807) is 0 Å². The van der Waals surface area contributed by atoms with E-state index < -0.39 is 0 Å². The number of hydrogen-bond donors (Lipinski definition) is 0. The van der Waals surface area contributed by atoms with E-state index >= 15 is 0 Å². The number of para-hydroxylation sites is 1. The van der Waals surface area contributed by atoms with Crippen LogP contribution in [-0.4, -0.2) is 7.05 Å². The zero-order chi connectivity index (χ0) is 22.3. The van der Waals surface area contributed by atoms with Gasteiger partial charge < -0.3 is 9.80 Å². The Balaban J connectivity index is 1.72. The minimum Gasteiger partial charge on any atom is -0.344 e. The molecule has 2 nitrogen and oxygen atoms in total. The first-order chi connectivity index (χ1) is 15.7. The lowest BCUT2D eigenvalue weighted by atomic mass is 10.1. The van der Waals surface area contributed by atoms with Crippen LogP contribution >= 0.6 is 0 Å². The molecule has 0 unspecified atom stereocenters. The Hall–Kier alpha value is -4.04. The predicted octanol–water partition coefficient (Wildman–Crippen LogP) is 8.39. The van der Waals surface area contributed by atoms with Gasteiger partial charge in [0.1, 0.15) is 0 Å². The molecular formula is C30H28N2. The first-order valence-corrected chi connectivity index (χ1v) is 10.8. The molecule has 0 aliphatic carbocycles. The molecule has 0 aromatic heterocycles. The number of benzene rings is 4. The molecular weight excluding hydrogens is 388 g/mol. The fraction of sp³-hybridized carbons (Fsp3) is 0.0667. The van der Waals surface area contributed by atoms with Crippen LogP contribution in [0.1, 0.15) is 6.92 Å². The molecule has 0 aliphatic heterocycles. The van der Waals surface area contributed by atoms with Gasteiger partial charge in [0.2, 0.25) is 0 Å². The maximum absolute atomic E-state index is 4.05.